The van der Waals surface area contributed by atoms with Crippen LogP contribution in [0.1, 0.15) is 18.6 Å². The maximum absolute atomic E-state index is 12.5. The van der Waals surface area contributed by atoms with E-state index < -0.39 is 6.10 Å². The fraction of sp³-hybridized carbons (Fsp3) is 0.208. The van der Waals surface area contributed by atoms with Crippen molar-refractivity contribution in [3.05, 3.63) is 90.5 Å². The van der Waals surface area contributed by atoms with E-state index in [0.29, 0.717) is 5.75 Å². The summed E-state index contributed by atoms with van der Waals surface area (Å²) < 4.78 is 5.64. The summed E-state index contributed by atoms with van der Waals surface area (Å²) >= 11 is 0. The van der Waals surface area contributed by atoms with Crippen molar-refractivity contribution in [2.45, 2.75) is 19.1 Å². The first kappa shape index (κ1) is 19.6. The minimum Gasteiger partial charge on any atom is -0.484 e. The molecule has 144 valence electrons. The van der Waals surface area contributed by atoms with Crippen molar-refractivity contribution < 1.29 is 14.6 Å². The molecule has 3 aromatic carbocycles. The van der Waals surface area contributed by atoms with Crippen LogP contribution in [-0.4, -0.2) is 35.6 Å². The topological polar surface area (TPSA) is 49.8 Å². The lowest BCUT2D eigenvalue weighted by atomic mass is 10.0. The van der Waals surface area contributed by atoms with Crippen LogP contribution < -0.4 is 4.74 Å². The number of carbonyl (C=O) groups excluding carboxylic acids is 1. The van der Waals surface area contributed by atoms with Crippen LogP contribution in [0.5, 0.6) is 5.75 Å². The maximum atomic E-state index is 12.5. The van der Waals surface area contributed by atoms with Crippen molar-refractivity contribution in [1.29, 1.82) is 0 Å². The van der Waals surface area contributed by atoms with Gasteiger partial charge in [0.05, 0.1) is 12.1 Å². The summed E-state index contributed by atoms with van der Waals surface area (Å²) in [5.41, 5.74) is 3.01. The Balaban J connectivity index is 1.56. The van der Waals surface area contributed by atoms with Crippen LogP contribution in [0.2, 0.25) is 0 Å². The summed E-state index contributed by atoms with van der Waals surface area (Å²) in [4.78, 5) is 14.0. The van der Waals surface area contributed by atoms with Gasteiger partial charge in [-0.2, -0.15) is 0 Å². The number of aliphatic hydroxyl groups is 1. The highest BCUT2D eigenvalue weighted by molar-refractivity contribution is 5.78. The molecular formula is C24H25NO3. The Labute approximate surface area is 166 Å². The molecule has 2 unspecified atom stereocenters. The number of ether oxygens (including phenoxy) is 1. The average molecular weight is 375 g/mol. The second-order valence-electron chi connectivity index (χ2n) is 6.78. The van der Waals surface area contributed by atoms with Gasteiger partial charge < -0.3 is 14.7 Å². The predicted octanol–water partition coefficient (Wildman–Crippen LogP) is 4.31. The van der Waals surface area contributed by atoms with Gasteiger partial charge in [-0.3, -0.25) is 4.79 Å². The Morgan fingerprint density at radius 2 is 1.43 bits per heavy atom. The van der Waals surface area contributed by atoms with Crippen LogP contribution in [0.25, 0.3) is 11.1 Å². The van der Waals surface area contributed by atoms with Gasteiger partial charge in [0.1, 0.15) is 5.75 Å². The van der Waals surface area contributed by atoms with E-state index in [1.165, 1.54) is 4.90 Å². The predicted molar refractivity (Wildman–Crippen MR) is 111 cm³/mol. The Hall–Kier alpha value is -3.11. The van der Waals surface area contributed by atoms with E-state index in [1.54, 1.807) is 7.05 Å². The molecule has 0 aromatic heterocycles. The van der Waals surface area contributed by atoms with E-state index in [1.807, 2.05) is 91.9 Å². The molecule has 0 saturated carbocycles. The molecule has 0 saturated heterocycles. The fourth-order valence-corrected chi connectivity index (χ4v) is 2.99. The van der Waals surface area contributed by atoms with Crippen molar-refractivity contribution in [3.63, 3.8) is 0 Å². The van der Waals surface area contributed by atoms with Gasteiger partial charge in [-0.15, -0.1) is 0 Å². The van der Waals surface area contributed by atoms with Crippen LogP contribution >= 0.6 is 0 Å². The van der Waals surface area contributed by atoms with Crippen LogP contribution in [0.4, 0.5) is 0 Å². The number of aliphatic hydroxyl groups excluding tert-OH is 1. The Bertz CT molecular complexity index is 879. The number of rotatable bonds is 7. The summed E-state index contributed by atoms with van der Waals surface area (Å²) in [6.07, 6.45) is -0.750. The summed E-state index contributed by atoms with van der Waals surface area (Å²) in [7, 11) is 1.68. The van der Waals surface area contributed by atoms with E-state index in [-0.39, 0.29) is 18.6 Å². The molecule has 0 aliphatic heterocycles. The average Bonchev–Trinajstić information content (AvgIpc) is 2.77. The zero-order valence-electron chi connectivity index (χ0n) is 16.2. The van der Waals surface area contributed by atoms with Gasteiger partial charge in [0, 0.05) is 7.05 Å². The van der Waals surface area contributed by atoms with E-state index >= 15 is 0 Å². The number of likely N-dealkylation sites (N-methyl/N-ethyl adjacent to an activating group) is 1. The monoisotopic (exact) mass is 375 g/mol. The van der Waals surface area contributed by atoms with Gasteiger partial charge in [-0.25, -0.2) is 0 Å². The first-order valence-electron chi connectivity index (χ1n) is 9.33. The first-order chi connectivity index (χ1) is 13.6. The molecule has 4 heteroatoms. The molecular weight excluding hydrogens is 350 g/mol. The maximum Gasteiger partial charge on any atom is 0.260 e. The smallest absolute Gasteiger partial charge is 0.260 e. The van der Waals surface area contributed by atoms with Gasteiger partial charge in [0.2, 0.25) is 0 Å². The lowest BCUT2D eigenvalue weighted by Crippen LogP contribution is -2.41. The SMILES string of the molecule is CC(C(O)c1ccccc1)N(C)C(=O)COc1ccc(-c2ccccc2)cc1. The normalized spacial score (nSPS) is 12.8. The van der Waals surface area contributed by atoms with E-state index in [4.69, 9.17) is 4.74 Å². The molecule has 28 heavy (non-hydrogen) atoms. The van der Waals surface area contributed by atoms with Crippen LogP contribution in [0, 0.1) is 0 Å². The highest BCUT2D eigenvalue weighted by atomic mass is 16.5. The van der Waals surface area contributed by atoms with Gasteiger partial charge in [0.25, 0.3) is 5.91 Å². The minimum atomic E-state index is -0.750. The lowest BCUT2D eigenvalue weighted by Gasteiger charge is -2.29. The summed E-state index contributed by atoms with van der Waals surface area (Å²) in [5, 5.41) is 10.5. The lowest BCUT2D eigenvalue weighted by molar-refractivity contribution is -0.136. The van der Waals surface area contributed by atoms with Crippen molar-refractivity contribution in [1.82, 2.24) is 4.90 Å². The van der Waals surface area contributed by atoms with E-state index in [2.05, 4.69) is 0 Å². The largest absolute Gasteiger partial charge is 0.484 e. The summed E-state index contributed by atoms with van der Waals surface area (Å²) in [6.45, 7) is 1.75. The number of amides is 1. The molecule has 0 spiro atoms. The van der Waals surface area contributed by atoms with Crippen molar-refractivity contribution in [2.75, 3.05) is 13.7 Å². The third-order valence-electron chi connectivity index (χ3n) is 4.93. The summed E-state index contributed by atoms with van der Waals surface area (Å²) in [5.74, 6) is 0.451. The van der Waals surface area contributed by atoms with Crippen LogP contribution in [0.15, 0.2) is 84.9 Å². The standard InChI is InChI=1S/C24H25NO3/c1-18(24(27)21-11-7-4-8-12-21)25(2)23(26)17-28-22-15-13-20(14-16-22)19-9-5-3-6-10-19/h3-16,18,24,27H,17H2,1-2H3. The van der Waals surface area contributed by atoms with Gasteiger partial charge in [-0.1, -0.05) is 72.8 Å². The zero-order chi connectivity index (χ0) is 19.9. The van der Waals surface area contributed by atoms with Crippen LogP contribution in [0.3, 0.4) is 0 Å². The molecule has 1 amide bonds. The molecule has 2 atom stereocenters. The second kappa shape index (κ2) is 9.20. The Morgan fingerprint density at radius 3 is 2.04 bits per heavy atom. The van der Waals surface area contributed by atoms with E-state index in [9.17, 15) is 9.90 Å². The summed E-state index contributed by atoms with van der Waals surface area (Å²) in [6, 6.07) is 26.7. The molecule has 4 nitrogen and oxygen atoms in total. The number of hydrogen-bond acceptors (Lipinski definition) is 3. The molecule has 0 aliphatic carbocycles. The molecule has 3 aromatic rings. The van der Waals surface area contributed by atoms with Gasteiger partial charge in [0.15, 0.2) is 6.61 Å². The number of carbonyl (C=O) groups is 1. The molecule has 0 heterocycles. The van der Waals surface area contributed by atoms with Crippen molar-refractivity contribution >= 4 is 5.91 Å². The third kappa shape index (κ3) is 4.78. The number of benzene rings is 3. The molecule has 0 radical (unpaired) electrons. The zero-order valence-corrected chi connectivity index (χ0v) is 16.2. The van der Waals surface area contributed by atoms with Gasteiger partial charge in [-0.05, 0) is 35.7 Å². The molecule has 1 N–H and O–H groups in total. The van der Waals surface area contributed by atoms with E-state index in [0.717, 1.165) is 16.7 Å². The Morgan fingerprint density at radius 1 is 0.893 bits per heavy atom. The molecule has 0 aliphatic rings. The molecule has 3 rings (SSSR count). The number of hydrogen-bond donors (Lipinski definition) is 1. The molecule has 0 bridgehead atoms. The fourth-order valence-electron chi connectivity index (χ4n) is 2.99. The first-order valence-corrected chi connectivity index (χ1v) is 9.33. The van der Waals surface area contributed by atoms with Crippen molar-refractivity contribution in [3.8, 4) is 16.9 Å². The minimum absolute atomic E-state index is 0.0764. The van der Waals surface area contributed by atoms with Crippen LogP contribution in [-0.2, 0) is 4.79 Å². The van der Waals surface area contributed by atoms with Gasteiger partial charge >= 0.3 is 0 Å². The quantitative estimate of drug-likeness (QED) is 0.669. The Kier molecular flexibility index (Phi) is 6.45. The third-order valence-corrected chi connectivity index (χ3v) is 4.93. The van der Waals surface area contributed by atoms with Crippen molar-refractivity contribution in [2.24, 2.45) is 0 Å². The number of nitrogens with zero attached hydrogens (tertiary/aromatic N) is 1. The molecule has 0 fully saturated rings. The highest BCUT2D eigenvalue weighted by Crippen LogP contribution is 2.23. The second-order valence-corrected chi connectivity index (χ2v) is 6.78. The highest BCUT2D eigenvalue weighted by Gasteiger charge is 2.24.